The van der Waals surface area contributed by atoms with Gasteiger partial charge in [0.15, 0.2) is 0 Å². The summed E-state index contributed by atoms with van der Waals surface area (Å²) in [4.78, 5) is 23.1. The van der Waals surface area contributed by atoms with Gasteiger partial charge in [-0.25, -0.2) is 0 Å². The quantitative estimate of drug-likeness (QED) is 0.758. The van der Waals surface area contributed by atoms with Gasteiger partial charge < -0.3 is 11.1 Å². The number of thioether (sulfide) groups is 1. The molecule has 0 aromatic carbocycles. The van der Waals surface area contributed by atoms with Crippen LogP contribution >= 0.6 is 34.7 Å². The number of carbonyl (C=O) groups excluding carboxylic acids is 2. The van der Waals surface area contributed by atoms with Crippen LogP contribution in [0, 0.1) is 0 Å². The van der Waals surface area contributed by atoms with Crippen molar-refractivity contribution >= 4 is 46.5 Å². The van der Waals surface area contributed by atoms with E-state index >= 15 is 0 Å². The van der Waals surface area contributed by atoms with E-state index in [1.807, 2.05) is 19.1 Å². The van der Waals surface area contributed by atoms with Crippen molar-refractivity contribution in [3.63, 3.8) is 0 Å². The van der Waals surface area contributed by atoms with Crippen LogP contribution in [-0.2, 0) is 9.59 Å². The number of halogens is 1. The van der Waals surface area contributed by atoms with Gasteiger partial charge in [0.05, 0.1) is 16.1 Å². The fraction of sp³-hybridized carbons (Fsp3) is 0.455. The largest absolute Gasteiger partial charge is 0.369 e. The molecule has 0 fully saturated rings. The van der Waals surface area contributed by atoms with Crippen LogP contribution < -0.4 is 11.1 Å². The second-order valence-corrected chi connectivity index (χ2v) is 6.55. The smallest absolute Gasteiger partial charge is 0.227 e. The van der Waals surface area contributed by atoms with E-state index in [0.29, 0.717) is 16.5 Å². The molecular formula is C11H15ClN2O2S2. The van der Waals surface area contributed by atoms with Gasteiger partial charge in [-0.1, -0.05) is 11.6 Å². The molecule has 7 heteroatoms. The highest BCUT2D eigenvalue weighted by Gasteiger charge is 2.11. The first-order valence-electron chi connectivity index (χ1n) is 5.39. The van der Waals surface area contributed by atoms with Gasteiger partial charge in [-0.05, 0) is 19.1 Å². The maximum absolute atomic E-state index is 11.6. The van der Waals surface area contributed by atoms with E-state index in [4.69, 9.17) is 17.3 Å². The molecular weight excluding hydrogens is 292 g/mol. The summed E-state index contributed by atoms with van der Waals surface area (Å²) in [6.45, 7) is 1.91. The van der Waals surface area contributed by atoms with Gasteiger partial charge in [0.2, 0.25) is 11.8 Å². The number of nitrogens with one attached hydrogen (secondary N) is 1. The molecule has 0 aliphatic heterocycles. The maximum Gasteiger partial charge on any atom is 0.227 e. The van der Waals surface area contributed by atoms with E-state index in [2.05, 4.69) is 5.32 Å². The molecule has 1 rings (SSSR count). The van der Waals surface area contributed by atoms with Crippen molar-refractivity contribution < 1.29 is 9.59 Å². The molecule has 18 heavy (non-hydrogen) atoms. The van der Waals surface area contributed by atoms with E-state index in [1.54, 1.807) is 0 Å². The van der Waals surface area contributed by atoms with Crippen LogP contribution in [-0.4, -0.2) is 23.3 Å². The molecule has 1 heterocycles. The number of hydrogen-bond acceptors (Lipinski definition) is 4. The summed E-state index contributed by atoms with van der Waals surface area (Å²) >= 11 is 8.65. The minimum absolute atomic E-state index is 0.0380. The van der Waals surface area contributed by atoms with Crippen LogP contribution in [0.5, 0.6) is 0 Å². The Balaban J connectivity index is 2.25. The summed E-state index contributed by atoms with van der Waals surface area (Å²) < 4.78 is 0.711. The van der Waals surface area contributed by atoms with Gasteiger partial charge >= 0.3 is 0 Å². The van der Waals surface area contributed by atoms with Crippen molar-refractivity contribution in [2.75, 3.05) is 11.5 Å². The lowest BCUT2D eigenvalue weighted by Crippen LogP contribution is -2.26. The zero-order valence-corrected chi connectivity index (χ0v) is 12.3. The second-order valence-electron chi connectivity index (χ2n) is 3.70. The highest BCUT2D eigenvalue weighted by Crippen LogP contribution is 2.26. The van der Waals surface area contributed by atoms with E-state index in [0.717, 1.165) is 4.88 Å². The molecule has 0 bridgehead atoms. The first-order chi connectivity index (χ1) is 8.49. The molecule has 1 atom stereocenters. The third-order valence-electron chi connectivity index (χ3n) is 2.12. The monoisotopic (exact) mass is 306 g/mol. The van der Waals surface area contributed by atoms with Crippen molar-refractivity contribution in [2.24, 2.45) is 5.73 Å². The molecule has 0 radical (unpaired) electrons. The molecule has 0 aliphatic rings. The first kappa shape index (κ1) is 15.3. The van der Waals surface area contributed by atoms with Crippen LogP contribution in [0.1, 0.15) is 24.3 Å². The first-order valence-corrected chi connectivity index (χ1v) is 7.74. The maximum atomic E-state index is 11.6. The van der Waals surface area contributed by atoms with Crippen molar-refractivity contribution in [2.45, 2.75) is 19.4 Å². The molecule has 0 spiro atoms. The van der Waals surface area contributed by atoms with Crippen LogP contribution in [0.3, 0.4) is 0 Å². The summed E-state index contributed by atoms with van der Waals surface area (Å²) in [5.41, 5.74) is 5.00. The van der Waals surface area contributed by atoms with Crippen LogP contribution in [0.2, 0.25) is 4.34 Å². The summed E-state index contributed by atoms with van der Waals surface area (Å²) in [5, 5.41) is 2.88. The number of thiophene rings is 1. The third-order valence-corrected chi connectivity index (χ3v) is 4.51. The molecule has 0 saturated heterocycles. The number of rotatable bonds is 7. The molecule has 1 aromatic rings. The highest BCUT2D eigenvalue weighted by atomic mass is 35.5. The van der Waals surface area contributed by atoms with Gasteiger partial charge in [0, 0.05) is 17.1 Å². The molecule has 4 nitrogen and oxygen atoms in total. The van der Waals surface area contributed by atoms with Gasteiger partial charge in [-0.3, -0.25) is 9.59 Å². The highest BCUT2D eigenvalue weighted by molar-refractivity contribution is 7.99. The lowest BCUT2D eigenvalue weighted by atomic mass is 10.2. The summed E-state index contributed by atoms with van der Waals surface area (Å²) in [7, 11) is 0. The van der Waals surface area contributed by atoms with E-state index < -0.39 is 0 Å². The number of carbonyl (C=O) groups is 2. The zero-order chi connectivity index (χ0) is 13.5. The predicted octanol–water partition coefficient (Wildman–Crippen LogP) is 2.19. The zero-order valence-electron chi connectivity index (χ0n) is 9.94. The molecule has 0 aliphatic carbocycles. The Bertz CT molecular complexity index is 423. The Labute approximate surface area is 119 Å². The fourth-order valence-corrected chi connectivity index (χ4v) is 3.02. The normalized spacial score (nSPS) is 12.1. The van der Waals surface area contributed by atoms with Crippen LogP contribution in [0.4, 0.5) is 0 Å². The molecule has 0 saturated carbocycles. The van der Waals surface area contributed by atoms with Gasteiger partial charge in [0.1, 0.15) is 0 Å². The predicted molar refractivity (Wildman–Crippen MR) is 77.0 cm³/mol. The van der Waals surface area contributed by atoms with Gasteiger partial charge in [-0.15, -0.1) is 11.3 Å². The summed E-state index contributed by atoms with van der Waals surface area (Å²) in [5.74, 6) is 0.446. The van der Waals surface area contributed by atoms with Crippen molar-refractivity contribution in [1.29, 1.82) is 0 Å². The molecule has 1 unspecified atom stereocenters. The average Bonchev–Trinajstić information content (AvgIpc) is 2.71. The Hall–Kier alpha value is -0.720. The SMILES string of the molecule is CC(NC(=O)CCSCC(N)=O)c1ccc(Cl)s1. The van der Waals surface area contributed by atoms with E-state index in [9.17, 15) is 9.59 Å². The Morgan fingerprint density at radius 2 is 2.28 bits per heavy atom. The van der Waals surface area contributed by atoms with E-state index in [-0.39, 0.29) is 23.6 Å². The lowest BCUT2D eigenvalue weighted by Gasteiger charge is -2.11. The van der Waals surface area contributed by atoms with Gasteiger partial charge in [0.25, 0.3) is 0 Å². The summed E-state index contributed by atoms with van der Waals surface area (Å²) in [6.07, 6.45) is 0.376. The number of amides is 2. The van der Waals surface area contributed by atoms with Crippen molar-refractivity contribution in [3.05, 3.63) is 21.3 Å². The van der Waals surface area contributed by atoms with Crippen molar-refractivity contribution in [3.8, 4) is 0 Å². The van der Waals surface area contributed by atoms with Crippen molar-refractivity contribution in [1.82, 2.24) is 5.32 Å². The minimum atomic E-state index is -0.359. The van der Waals surface area contributed by atoms with Gasteiger partial charge in [-0.2, -0.15) is 11.8 Å². The number of nitrogens with two attached hydrogens (primary N) is 1. The second kappa shape index (κ2) is 7.66. The number of hydrogen-bond donors (Lipinski definition) is 2. The Morgan fingerprint density at radius 3 is 2.83 bits per heavy atom. The molecule has 2 amide bonds. The average molecular weight is 307 g/mol. The molecule has 1 aromatic heterocycles. The Kier molecular flexibility index (Phi) is 6.52. The topological polar surface area (TPSA) is 72.2 Å². The standard InChI is InChI=1S/C11H15ClN2O2S2/c1-7(8-2-3-9(12)18-8)14-11(16)4-5-17-6-10(13)15/h2-3,7H,4-6H2,1H3,(H2,13,15)(H,14,16). The van der Waals surface area contributed by atoms with E-state index in [1.165, 1.54) is 23.1 Å². The molecule has 100 valence electrons. The molecule has 3 N–H and O–H groups in total. The lowest BCUT2D eigenvalue weighted by molar-refractivity contribution is -0.121. The van der Waals surface area contributed by atoms with Crippen LogP contribution in [0.15, 0.2) is 12.1 Å². The minimum Gasteiger partial charge on any atom is -0.369 e. The Morgan fingerprint density at radius 1 is 1.56 bits per heavy atom. The third kappa shape index (κ3) is 5.75. The van der Waals surface area contributed by atoms with Crippen LogP contribution in [0.25, 0.3) is 0 Å². The fourth-order valence-electron chi connectivity index (χ4n) is 1.28. The number of primary amides is 1. The summed E-state index contributed by atoms with van der Waals surface area (Å²) in [6, 6.07) is 3.67.